The number of carbonyl (C=O) groups excluding carboxylic acids is 1. The molecule has 2 aromatic rings. The van der Waals surface area contributed by atoms with E-state index in [2.05, 4.69) is 6.07 Å². The van der Waals surface area contributed by atoms with Crippen LogP contribution in [0.5, 0.6) is 0 Å². The third-order valence-electron chi connectivity index (χ3n) is 4.17. The molecule has 0 N–H and O–H groups in total. The Morgan fingerprint density at radius 3 is 2.65 bits per heavy atom. The molecule has 0 atom stereocenters. The Kier molecular flexibility index (Phi) is 3.62. The molecule has 0 aromatic heterocycles. The van der Waals surface area contributed by atoms with E-state index in [1.165, 1.54) is 24.8 Å². The van der Waals surface area contributed by atoms with Crippen LogP contribution in [0.1, 0.15) is 52.2 Å². The summed E-state index contributed by atoms with van der Waals surface area (Å²) < 4.78 is 0. The number of benzene rings is 2. The largest absolute Gasteiger partial charge is 0.289 e. The molecule has 3 rings (SSSR count). The van der Waals surface area contributed by atoms with Gasteiger partial charge in [-0.3, -0.25) is 4.79 Å². The maximum atomic E-state index is 12.6. The smallest absolute Gasteiger partial charge is 0.193 e. The zero-order chi connectivity index (χ0) is 14.1. The second-order valence-corrected chi connectivity index (χ2v) is 5.98. The van der Waals surface area contributed by atoms with Crippen LogP contribution in [0.4, 0.5) is 0 Å². The van der Waals surface area contributed by atoms with Crippen molar-refractivity contribution < 1.29 is 4.79 Å². The summed E-state index contributed by atoms with van der Waals surface area (Å²) >= 11 is 6.01. The van der Waals surface area contributed by atoms with E-state index in [0.29, 0.717) is 16.5 Å². The van der Waals surface area contributed by atoms with Gasteiger partial charge in [0.2, 0.25) is 0 Å². The fraction of sp³-hybridized carbons (Fsp3) is 0.278. The minimum atomic E-state index is 0.0613. The van der Waals surface area contributed by atoms with E-state index in [1.54, 1.807) is 6.07 Å². The molecule has 1 saturated carbocycles. The predicted molar refractivity (Wildman–Crippen MR) is 82.7 cm³/mol. The molecule has 1 nitrogen and oxygen atoms in total. The molecule has 102 valence electrons. The van der Waals surface area contributed by atoms with Gasteiger partial charge in [-0.2, -0.15) is 0 Å². The van der Waals surface area contributed by atoms with Crippen LogP contribution in [0.25, 0.3) is 0 Å². The van der Waals surface area contributed by atoms with Gasteiger partial charge < -0.3 is 0 Å². The van der Waals surface area contributed by atoms with Gasteiger partial charge in [0, 0.05) is 16.1 Å². The number of hydrogen-bond acceptors (Lipinski definition) is 1. The number of halogens is 1. The number of hydrogen-bond donors (Lipinski definition) is 0. The highest BCUT2D eigenvalue weighted by molar-refractivity contribution is 6.31. The predicted octanol–water partition coefficient (Wildman–Crippen LogP) is 5.15. The van der Waals surface area contributed by atoms with Gasteiger partial charge in [0.1, 0.15) is 0 Å². The average molecular weight is 285 g/mol. The number of rotatable bonds is 3. The van der Waals surface area contributed by atoms with Crippen molar-refractivity contribution in [1.29, 1.82) is 0 Å². The van der Waals surface area contributed by atoms with Crippen molar-refractivity contribution >= 4 is 17.4 Å². The molecule has 0 spiro atoms. The highest BCUT2D eigenvalue weighted by Gasteiger charge is 2.21. The lowest BCUT2D eigenvalue weighted by Gasteiger charge is -2.26. The van der Waals surface area contributed by atoms with Crippen LogP contribution in [-0.4, -0.2) is 5.78 Å². The first-order valence-corrected chi connectivity index (χ1v) is 7.44. The lowest BCUT2D eigenvalue weighted by atomic mass is 9.79. The Morgan fingerprint density at radius 2 is 1.95 bits per heavy atom. The van der Waals surface area contributed by atoms with Crippen LogP contribution in [0.3, 0.4) is 0 Å². The van der Waals surface area contributed by atoms with Gasteiger partial charge in [-0.15, -0.1) is 0 Å². The zero-order valence-electron chi connectivity index (χ0n) is 11.5. The van der Waals surface area contributed by atoms with Gasteiger partial charge in [0.15, 0.2) is 5.78 Å². The van der Waals surface area contributed by atoms with Crippen LogP contribution in [0.2, 0.25) is 5.02 Å². The van der Waals surface area contributed by atoms with Crippen molar-refractivity contribution in [2.45, 2.75) is 32.1 Å². The normalized spacial score (nSPS) is 14.9. The Labute approximate surface area is 124 Å². The zero-order valence-corrected chi connectivity index (χ0v) is 12.3. The minimum Gasteiger partial charge on any atom is -0.289 e. The third kappa shape index (κ3) is 2.51. The van der Waals surface area contributed by atoms with Crippen molar-refractivity contribution in [2.75, 3.05) is 0 Å². The summed E-state index contributed by atoms with van der Waals surface area (Å²) in [5.41, 5.74) is 3.72. The molecular formula is C18H17ClO. The molecule has 0 radical (unpaired) electrons. The summed E-state index contributed by atoms with van der Waals surface area (Å²) in [4.78, 5) is 12.6. The first-order chi connectivity index (χ1) is 9.65. The molecule has 0 aliphatic heterocycles. The summed E-state index contributed by atoms with van der Waals surface area (Å²) in [6.07, 6.45) is 3.79. The molecule has 1 aliphatic carbocycles. The van der Waals surface area contributed by atoms with E-state index in [1.807, 2.05) is 37.3 Å². The SMILES string of the molecule is Cc1ccc(Cl)cc1C(=O)c1cccc(C2CCC2)c1. The summed E-state index contributed by atoms with van der Waals surface area (Å²) in [6.45, 7) is 1.94. The molecule has 2 aromatic carbocycles. The van der Waals surface area contributed by atoms with E-state index in [0.717, 1.165) is 11.1 Å². The fourth-order valence-electron chi connectivity index (χ4n) is 2.67. The van der Waals surface area contributed by atoms with Gasteiger partial charge in [-0.05, 0) is 55.0 Å². The monoisotopic (exact) mass is 284 g/mol. The van der Waals surface area contributed by atoms with E-state index in [9.17, 15) is 4.79 Å². The van der Waals surface area contributed by atoms with Crippen molar-refractivity contribution in [3.8, 4) is 0 Å². The molecule has 1 aliphatic rings. The van der Waals surface area contributed by atoms with E-state index >= 15 is 0 Å². The van der Waals surface area contributed by atoms with Crippen LogP contribution in [-0.2, 0) is 0 Å². The molecular weight excluding hydrogens is 268 g/mol. The molecule has 2 heteroatoms. The quantitative estimate of drug-likeness (QED) is 0.713. The van der Waals surface area contributed by atoms with Crippen LogP contribution >= 0.6 is 11.6 Å². The Bertz CT molecular complexity index is 656. The van der Waals surface area contributed by atoms with Gasteiger partial charge in [-0.1, -0.05) is 42.3 Å². The van der Waals surface area contributed by atoms with E-state index in [4.69, 9.17) is 11.6 Å². The lowest BCUT2D eigenvalue weighted by molar-refractivity contribution is 0.103. The van der Waals surface area contributed by atoms with E-state index in [-0.39, 0.29) is 5.78 Å². The highest BCUT2D eigenvalue weighted by atomic mass is 35.5. The Balaban J connectivity index is 1.95. The molecule has 0 saturated heterocycles. The maximum absolute atomic E-state index is 12.6. The highest BCUT2D eigenvalue weighted by Crippen LogP contribution is 2.36. The molecule has 20 heavy (non-hydrogen) atoms. The number of ketones is 1. The minimum absolute atomic E-state index is 0.0613. The van der Waals surface area contributed by atoms with Crippen molar-refractivity contribution in [2.24, 2.45) is 0 Å². The summed E-state index contributed by atoms with van der Waals surface area (Å²) in [5, 5.41) is 0.606. The molecule has 1 fully saturated rings. The Morgan fingerprint density at radius 1 is 1.15 bits per heavy atom. The van der Waals surface area contributed by atoms with Crippen molar-refractivity contribution in [3.05, 3.63) is 69.7 Å². The van der Waals surface area contributed by atoms with Gasteiger partial charge in [0.25, 0.3) is 0 Å². The third-order valence-corrected chi connectivity index (χ3v) is 4.40. The van der Waals surface area contributed by atoms with Gasteiger partial charge in [-0.25, -0.2) is 0 Å². The number of aryl methyl sites for hydroxylation is 1. The standard InChI is InChI=1S/C18H17ClO/c1-12-8-9-16(19)11-17(12)18(20)15-7-3-6-14(10-15)13-4-2-5-13/h3,6-11,13H,2,4-5H2,1H3. The molecule has 0 bridgehead atoms. The Hall–Kier alpha value is -1.60. The first-order valence-electron chi connectivity index (χ1n) is 7.06. The molecule has 0 unspecified atom stereocenters. The fourth-order valence-corrected chi connectivity index (χ4v) is 2.84. The van der Waals surface area contributed by atoms with Crippen molar-refractivity contribution in [3.63, 3.8) is 0 Å². The summed E-state index contributed by atoms with van der Waals surface area (Å²) in [7, 11) is 0. The second-order valence-electron chi connectivity index (χ2n) is 5.54. The lowest BCUT2D eigenvalue weighted by Crippen LogP contribution is -2.10. The van der Waals surface area contributed by atoms with Crippen molar-refractivity contribution in [1.82, 2.24) is 0 Å². The van der Waals surface area contributed by atoms with Crippen LogP contribution < -0.4 is 0 Å². The average Bonchev–Trinajstić information content (AvgIpc) is 2.39. The van der Waals surface area contributed by atoms with Crippen LogP contribution in [0, 0.1) is 6.92 Å². The molecule has 0 amide bonds. The van der Waals surface area contributed by atoms with Gasteiger partial charge in [0.05, 0.1) is 0 Å². The van der Waals surface area contributed by atoms with Crippen LogP contribution in [0.15, 0.2) is 42.5 Å². The topological polar surface area (TPSA) is 17.1 Å². The summed E-state index contributed by atoms with van der Waals surface area (Å²) in [6, 6.07) is 13.5. The first kappa shape index (κ1) is 13.4. The van der Waals surface area contributed by atoms with Gasteiger partial charge >= 0.3 is 0 Å². The molecule has 0 heterocycles. The van der Waals surface area contributed by atoms with E-state index < -0.39 is 0 Å². The maximum Gasteiger partial charge on any atom is 0.193 e. The number of carbonyl (C=O) groups is 1. The summed E-state index contributed by atoms with van der Waals surface area (Å²) in [5.74, 6) is 0.703. The second kappa shape index (κ2) is 5.41.